The van der Waals surface area contributed by atoms with E-state index in [1.165, 1.54) is 0 Å². The van der Waals surface area contributed by atoms with Crippen molar-refractivity contribution in [3.63, 3.8) is 0 Å². The molecular weight excluding hydrogens is 375 g/mol. The lowest BCUT2D eigenvalue weighted by atomic mass is 10.2. The van der Waals surface area contributed by atoms with E-state index < -0.39 is 40.0 Å². The number of hydrogen-bond donors (Lipinski definition) is 1. The van der Waals surface area contributed by atoms with Gasteiger partial charge in [-0.25, -0.2) is 13.8 Å². The standard InChI is InChI=1S/C17H9F5N2OS/c18-10-6-7-11(19)12(8-10)23-15(25)13-14(17(20,21)22)24-16(26-13)9-4-2-1-3-5-9/h1-8H,(H,23,25). The summed E-state index contributed by atoms with van der Waals surface area (Å²) in [7, 11) is 0. The van der Waals surface area contributed by atoms with Crippen LogP contribution in [-0.2, 0) is 6.18 Å². The Morgan fingerprint density at radius 1 is 1.04 bits per heavy atom. The van der Waals surface area contributed by atoms with Gasteiger partial charge >= 0.3 is 6.18 Å². The van der Waals surface area contributed by atoms with Crippen LogP contribution in [0.3, 0.4) is 0 Å². The van der Waals surface area contributed by atoms with Crippen molar-refractivity contribution in [2.24, 2.45) is 0 Å². The van der Waals surface area contributed by atoms with E-state index in [1.807, 2.05) is 5.32 Å². The first-order valence-corrected chi connectivity index (χ1v) is 7.97. The summed E-state index contributed by atoms with van der Waals surface area (Å²) in [6.07, 6.45) is -4.88. The van der Waals surface area contributed by atoms with Gasteiger partial charge in [0.2, 0.25) is 0 Å². The molecule has 3 nitrogen and oxygen atoms in total. The fourth-order valence-electron chi connectivity index (χ4n) is 2.14. The highest BCUT2D eigenvalue weighted by atomic mass is 32.1. The van der Waals surface area contributed by atoms with Gasteiger partial charge in [-0.1, -0.05) is 30.3 Å². The molecule has 1 heterocycles. The Morgan fingerprint density at radius 3 is 2.38 bits per heavy atom. The van der Waals surface area contributed by atoms with Crippen molar-refractivity contribution < 1.29 is 26.7 Å². The number of aromatic nitrogens is 1. The van der Waals surface area contributed by atoms with Gasteiger partial charge in [0.1, 0.15) is 21.5 Å². The molecule has 3 rings (SSSR count). The summed E-state index contributed by atoms with van der Waals surface area (Å²) in [6.45, 7) is 0. The molecule has 0 fully saturated rings. The van der Waals surface area contributed by atoms with Gasteiger partial charge in [0, 0.05) is 11.6 Å². The first-order chi connectivity index (χ1) is 12.3. The largest absolute Gasteiger partial charge is 0.435 e. The van der Waals surface area contributed by atoms with Crippen LogP contribution in [0.25, 0.3) is 10.6 Å². The second-order valence-electron chi connectivity index (χ2n) is 5.14. The van der Waals surface area contributed by atoms with E-state index in [4.69, 9.17) is 0 Å². The fourth-order valence-corrected chi connectivity index (χ4v) is 3.13. The number of halogens is 5. The number of carbonyl (C=O) groups is 1. The number of rotatable bonds is 3. The molecule has 9 heteroatoms. The van der Waals surface area contributed by atoms with E-state index in [1.54, 1.807) is 30.3 Å². The van der Waals surface area contributed by atoms with Gasteiger partial charge in [-0.05, 0) is 12.1 Å². The monoisotopic (exact) mass is 384 g/mol. The lowest BCUT2D eigenvalue weighted by Crippen LogP contribution is -2.17. The van der Waals surface area contributed by atoms with Crippen molar-refractivity contribution in [2.45, 2.75) is 6.18 Å². The van der Waals surface area contributed by atoms with Gasteiger partial charge in [-0.15, -0.1) is 11.3 Å². The molecule has 0 saturated heterocycles. The zero-order chi connectivity index (χ0) is 18.9. The van der Waals surface area contributed by atoms with Crippen molar-refractivity contribution in [1.82, 2.24) is 4.98 Å². The number of nitrogens with one attached hydrogen (secondary N) is 1. The van der Waals surface area contributed by atoms with Crippen LogP contribution >= 0.6 is 11.3 Å². The molecule has 1 N–H and O–H groups in total. The average molecular weight is 384 g/mol. The maximum atomic E-state index is 13.6. The Balaban J connectivity index is 2.01. The molecule has 0 aliphatic heterocycles. The molecule has 0 atom stereocenters. The van der Waals surface area contributed by atoms with Crippen LogP contribution in [0, 0.1) is 11.6 Å². The molecule has 26 heavy (non-hydrogen) atoms. The van der Waals surface area contributed by atoms with E-state index in [0.29, 0.717) is 23.0 Å². The molecule has 0 bridgehead atoms. The number of nitrogens with zero attached hydrogens (tertiary/aromatic N) is 1. The molecule has 3 aromatic rings. The van der Waals surface area contributed by atoms with E-state index in [-0.39, 0.29) is 5.01 Å². The van der Waals surface area contributed by atoms with Crippen LogP contribution in [0.15, 0.2) is 48.5 Å². The number of hydrogen-bond acceptors (Lipinski definition) is 3. The highest BCUT2D eigenvalue weighted by Gasteiger charge is 2.39. The summed E-state index contributed by atoms with van der Waals surface area (Å²) in [4.78, 5) is 15.0. The molecule has 2 aromatic carbocycles. The molecule has 0 aliphatic carbocycles. The zero-order valence-electron chi connectivity index (χ0n) is 12.8. The van der Waals surface area contributed by atoms with Crippen molar-refractivity contribution >= 4 is 22.9 Å². The van der Waals surface area contributed by atoms with Crippen LogP contribution in [-0.4, -0.2) is 10.9 Å². The van der Waals surface area contributed by atoms with E-state index >= 15 is 0 Å². The third-order valence-electron chi connectivity index (χ3n) is 3.30. The lowest BCUT2D eigenvalue weighted by molar-refractivity contribution is -0.140. The Hall–Kier alpha value is -2.81. The summed E-state index contributed by atoms with van der Waals surface area (Å²) < 4.78 is 66.6. The third kappa shape index (κ3) is 3.72. The molecule has 1 aromatic heterocycles. The SMILES string of the molecule is O=C(Nc1cc(F)ccc1F)c1sc(-c2ccccc2)nc1C(F)(F)F. The van der Waals surface area contributed by atoms with Gasteiger partial charge in [0.05, 0.1) is 5.69 Å². The first-order valence-electron chi connectivity index (χ1n) is 7.15. The van der Waals surface area contributed by atoms with Gasteiger partial charge in [-0.3, -0.25) is 4.79 Å². The zero-order valence-corrected chi connectivity index (χ0v) is 13.6. The topological polar surface area (TPSA) is 42.0 Å². The minimum atomic E-state index is -4.88. The molecule has 0 aliphatic rings. The number of benzene rings is 2. The smallest absolute Gasteiger partial charge is 0.319 e. The quantitative estimate of drug-likeness (QED) is 0.618. The number of amides is 1. The number of anilines is 1. The highest BCUT2D eigenvalue weighted by molar-refractivity contribution is 7.17. The predicted octanol–water partition coefficient (Wildman–Crippen LogP) is 5.36. The van der Waals surface area contributed by atoms with Crippen LogP contribution in [0.4, 0.5) is 27.6 Å². The van der Waals surface area contributed by atoms with Crippen molar-refractivity contribution in [3.05, 3.63) is 70.7 Å². The van der Waals surface area contributed by atoms with Gasteiger partial charge in [-0.2, -0.15) is 13.2 Å². The number of alkyl halides is 3. The molecule has 134 valence electrons. The van der Waals surface area contributed by atoms with Crippen molar-refractivity contribution in [1.29, 1.82) is 0 Å². The van der Waals surface area contributed by atoms with Crippen LogP contribution in [0.5, 0.6) is 0 Å². The summed E-state index contributed by atoms with van der Waals surface area (Å²) in [6, 6.07) is 10.3. The average Bonchev–Trinajstić information content (AvgIpc) is 3.05. The Bertz CT molecular complexity index is 954. The highest BCUT2D eigenvalue weighted by Crippen LogP contribution is 2.38. The summed E-state index contributed by atoms with van der Waals surface area (Å²) in [5.74, 6) is -3.03. The first kappa shape index (κ1) is 18.0. The maximum absolute atomic E-state index is 13.6. The van der Waals surface area contributed by atoms with Crippen LogP contribution < -0.4 is 5.32 Å². The second kappa shape index (κ2) is 6.83. The van der Waals surface area contributed by atoms with Crippen molar-refractivity contribution in [2.75, 3.05) is 5.32 Å². The normalized spacial score (nSPS) is 11.4. The lowest BCUT2D eigenvalue weighted by Gasteiger charge is -2.08. The molecule has 0 spiro atoms. The van der Waals surface area contributed by atoms with Gasteiger partial charge < -0.3 is 5.32 Å². The van der Waals surface area contributed by atoms with Crippen LogP contribution in [0.2, 0.25) is 0 Å². The third-order valence-corrected chi connectivity index (χ3v) is 4.40. The Kier molecular flexibility index (Phi) is 4.73. The molecule has 0 unspecified atom stereocenters. The minimum absolute atomic E-state index is 0.0113. The number of thiazole rings is 1. The minimum Gasteiger partial charge on any atom is -0.319 e. The number of carbonyl (C=O) groups excluding carboxylic acids is 1. The summed E-state index contributed by atoms with van der Waals surface area (Å²) in [5.41, 5.74) is -1.53. The Labute approximate surface area is 148 Å². The molecule has 0 saturated carbocycles. The van der Waals surface area contributed by atoms with Crippen molar-refractivity contribution in [3.8, 4) is 10.6 Å². The van der Waals surface area contributed by atoms with Gasteiger partial charge in [0.25, 0.3) is 5.91 Å². The molecule has 0 radical (unpaired) electrons. The van der Waals surface area contributed by atoms with E-state index in [2.05, 4.69) is 4.98 Å². The second-order valence-corrected chi connectivity index (χ2v) is 6.14. The molecule has 1 amide bonds. The fraction of sp³-hybridized carbons (Fsp3) is 0.0588. The molecular formula is C17H9F5N2OS. The summed E-state index contributed by atoms with van der Waals surface area (Å²) >= 11 is 0.518. The maximum Gasteiger partial charge on any atom is 0.435 e. The Morgan fingerprint density at radius 2 is 1.73 bits per heavy atom. The predicted molar refractivity (Wildman–Crippen MR) is 86.9 cm³/mol. The van der Waals surface area contributed by atoms with E-state index in [9.17, 15) is 26.7 Å². The van der Waals surface area contributed by atoms with E-state index in [0.717, 1.165) is 12.1 Å². The van der Waals surface area contributed by atoms with Crippen LogP contribution in [0.1, 0.15) is 15.4 Å². The summed E-state index contributed by atoms with van der Waals surface area (Å²) in [5, 5.41) is 1.95. The van der Waals surface area contributed by atoms with Gasteiger partial charge in [0.15, 0.2) is 5.69 Å².